The fourth-order valence-corrected chi connectivity index (χ4v) is 1.83. The molecule has 0 aromatic heterocycles. The molecule has 1 rings (SSSR count). The predicted octanol–water partition coefficient (Wildman–Crippen LogP) is 1.24. The van der Waals surface area contributed by atoms with E-state index < -0.39 is 10.4 Å². The van der Waals surface area contributed by atoms with E-state index in [0.29, 0.717) is 23.5 Å². The van der Waals surface area contributed by atoms with E-state index in [0.717, 1.165) is 5.56 Å². The third kappa shape index (κ3) is 4.47. The predicted molar refractivity (Wildman–Crippen MR) is 54.8 cm³/mol. The number of hydrogen-bond donors (Lipinski definition) is 2. The zero-order chi connectivity index (χ0) is 10.6. The van der Waals surface area contributed by atoms with Crippen LogP contribution in [0, 0.1) is 0 Å². The Bertz CT molecular complexity index is 404. The molecule has 0 aliphatic heterocycles. The monoisotopic (exact) mass is 235 g/mol. The SMILES string of the molecule is Nc1cccc(CSOS(=O)(=O)O)c1. The van der Waals surface area contributed by atoms with Crippen molar-refractivity contribution in [3.63, 3.8) is 0 Å². The average Bonchev–Trinajstić information content (AvgIpc) is 2.01. The first-order valence-corrected chi connectivity index (χ1v) is 5.88. The maximum absolute atomic E-state index is 10.2. The summed E-state index contributed by atoms with van der Waals surface area (Å²) in [5, 5.41) is 0. The second-order valence-electron chi connectivity index (χ2n) is 2.50. The molecule has 1 aromatic rings. The molecule has 0 saturated heterocycles. The van der Waals surface area contributed by atoms with Crippen LogP contribution >= 0.6 is 12.0 Å². The lowest BCUT2D eigenvalue weighted by atomic mass is 10.2. The second-order valence-corrected chi connectivity index (χ2v) is 4.43. The lowest BCUT2D eigenvalue weighted by Crippen LogP contribution is -1.97. The highest BCUT2D eigenvalue weighted by atomic mass is 32.3. The summed E-state index contributed by atoms with van der Waals surface area (Å²) >= 11 is 0.628. The summed E-state index contributed by atoms with van der Waals surface area (Å²) in [6.45, 7) is 0. The van der Waals surface area contributed by atoms with Crippen molar-refractivity contribution < 1.29 is 16.6 Å². The van der Waals surface area contributed by atoms with Crippen molar-refractivity contribution in [1.29, 1.82) is 0 Å². The molecule has 0 spiro atoms. The van der Waals surface area contributed by atoms with Gasteiger partial charge in [-0.05, 0) is 17.7 Å². The number of anilines is 1. The lowest BCUT2D eigenvalue weighted by molar-refractivity contribution is 0.407. The van der Waals surface area contributed by atoms with Gasteiger partial charge in [0, 0.05) is 23.5 Å². The molecule has 1 aromatic carbocycles. The van der Waals surface area contributed by atoms with Crippen LogP contribution in [0.4, 0.5) is 5.69 Å². The number of nitrogen functional groups attached to an aromatic ring is 1. The summed E-state index contributed by atoms with van der Waals surface area (Å²) in [6.07, 6.45) is 0. The Hall–Kier alpha value is -0.760. The molecule has 0 saturated carbocycles. The molecular weight excluding hydrogens is 226 g/mol. The molecule has 0 atom stereocenters. The van der Waals surface area contributed by atoms with Crippen LogP contribution < -0.4 is 5.73 Å². The van der Waals surface area contributed by atoms with E-state index >= 15 is 0 Å². The van der Waals surface area contributed by atoms with Gasteiger partial charge in [-0.3, -0.25) is 4.55 Å². The van der Waals surface area contributed by atoms with Gasteiger partial charge in [0.1, 0.15) is 0 Å². The van der Waals surface area contributed by atoms with Crippen LogP contribution in [0.2, 0.25) is 0 Å². The summed E-state index contributed by atoms with van der Waals surface area (Å²) in [7, 11) is -4.37. The summed E-state index contributed by atoms with van der Waals surface area (Å²) < 4.78 is 32.7. The molecule has 78 valence electrons. The summed E-state index contributed by atoms with van der Waals surface area (Å²) in [6, 6.07) is 6.94. The highest BCUT2D eigenvalue weighted by molar-refractivity contribution is 8.02. The summed E-state index contributed by atoms with van der Waals surface area (Å²) in [4.78, 5) is 0. The first-order chi connectivity index (χ1) is 6.47. The fourth-order valence-electron chi connectivity index (χ4n) is 0.836. The molecule has 0 heterocycles. The van der Waals surface area contributed by atoms with Gasteiger partial charge in [-0.25, -0.2) is 0 Å². The Labute approximate surface area is 86.4 Å². The van der Waals surface area contributed by atoms with Gasteiger partial charge in [-0.1, -0.05) is 12.1 Å². The largest absolute Gasteiger partial charge is 0.408 e. The van der Waals surface area contributed by atoms with Gasteiger partial charge >= 0.3 is 10.4 Å². The number of nitrogens with two attached hydrogens (primary N) is 1. The highest BCUT2D eigenvalue weighted by Crippen LogP contribution is 2.16. The molecule has 0 aliphatic carbocycles. The molecule has 14 heavy (non-hydrogen) atoms. The normalized spacial score (nSPS) is 11.5. The minimum absolute atomic E-state index is 0.296. The Morgan fingerprint density at radius 3 is 2.79 bits per heavy atom. The second kappa shape index (κ2) is 4.65. The number of hydrogen-bond acceptors (Lipinski definition) is 5. The maximum Gasteiger partial charge on any atom is 0.408 e. The minimum Gasteiger partial charge on any atom is -0.399 e. The quantitative estimate of drug-likeness (QED) is 0.463. The van der Waals surface area contributed by atoms with Crippen LogP contribution in [0.5, 0.6) is 0 Å². The molecular formula is C7H9NO4S2. The van der Waals surface area contributed by atoms with Crippen LogP contribution in [0.3, 0.4) is 0 Å². The fraction of sp³-hybridized carbons (Fsp3) is 0.143. The zero-order valence-electron chi connectivity index (χ0n) is 7.08. The van der Waals surface area contributed by atoms with E-state index in [9.17, 15) is 8.42 Å². The van der Waals surface area contributed by atoms with Gasteiger partial charge in [-0.15, -0.1) is 0 Å². The van der Waals surface area contributed by atoms with Crippen LogP contribution in [-0.2, 0) is 19.8 Å². The first-order valence-electron chi connectivity index (χ1n) is 3.60. The zero-order valence-corrected chi connectivity index (χ0v) is 8.72. The molecule has 0 radical (unpaired) electrons. The average molecular weight is 235 g/mol. The van der Waals surface area contributed by atoms with Crippen molar-refractivity contribution >= 4 is 28.1 Å². The van der Waals surface area contributed by atoms with Crippen LogP contribution in [0.15, 0.2) is 24.3 Å². The van der Waals surface area contributed by atoms with Gasteiger partial charge in [0.2, 0.25) is 0 Å². The van der Waals surface area contributed by atoms with Crippen molar-refractivity contribution in [3.8, 4) is 0 Å². The molecule has 0 fully saturated rings. The van der Waals surface area contributed by atoms with E-state index in [1.807, 2.05) is 0 Å². The van der Waals surface area contributed by atoms with Crippen LogP contribution in [0.1, 0.15) is 5.56 Å². The van der Waals surface area contributed by atoms with E-state index in [1.54, 1.807) is 24.3 Å². The first kappa shape index (κ1) is 11.3. The Morgan fingerprint density at radius 1 is 1.50 bits per heavy atom. The van der Waals surface area contributed by atoms with E-state index in [4.69, 9.17) is 10.3 Å². The Balaban J connectivity index is 2.47. The maximum atomic E-state index is 10.2. The van der Waals surface area contributed by atoms with Crippen molar-refractivity contribution in [2.75, 3.05) is 5.73 Å². The van der Waals surface area contributed by atoms with E-state index in [-0.39, 0.29) is 0 Å². The third-order valence-electron chi connectivity index (χ3n) is 1.31. The molecule has 3 N–H and O–H groups in total. The van der Waals surface area contributed by atoms with Gasteiger partial charge in [0.25, 0.3) is 0 Å². The van der Waals surface area contributed by atoms with Crippen LogP contribution in [0.25, 0.3) is 0 Å². The van der Waals surface area contributed by atoms with Crippen molar-refractivity contribution in [3.05, 3.63) is 29.8 Å². The van der Waals surface area contributed by atoms with Gasteiger partial charge < -0.3 is 5.73 Å². The molecule has 0 aliphatic rings. The van der Waals surface area contributed by atoms with Crippen molar-refractivity contribution in [2.45, 2.75) is 5.75 Å². The van der Waals surface area contributed by atoms with Gasteiger partial charge in [-0.2, -0.15) is 12.0 Å². The third-order valence-corrected chi connectivity index (χ3v) is 2.83. The topological polar surface area (TPSA) is 89.6 Å². The number of benzene rings is 1. The molecule has 0 unspecified atom stereocenters. The van der Waals surface area contributed by atoms with Crippen LogP contribution in [-0.4, -0.2) is 13.0 Å². The molecule has 5 nitrogen and oxygen atoms in total. The van der Waals surface area contributed by atoms with Gasteiger partial charge in [0.05, 0.1) is 0 Å². The standard InChI is InChI=1S/C7H9NO4S2/c8-7-3-1-2-6(4-7)5-13-12-14(9,10)11/h1-4H,5,8H2,(H,9,10,11). The minimum atomic E-state index is -4.37. The Kier molecular flexibility index (Phi) is 3.76. The van der Waals surface area contributed by atoms with E-state index in [2.05, 4.69) is 3.63 Å². The van der Waals surface area contributed by atoms with Crippen molar-refractivity contribution in [1.82, 2.24) is 0 Å². The Morgan fingerprint density at radius 2 is 2.21 bits per heavy atom. The summed E-state index contributed by atoms with van der Waals surface area (Å²) in [5.74, 6) is 0.296. The molecule has 7 heteroatoms. The molecule has 0 amide bonds. The molecule has 0 bridgehead atoms. The lowest BCUT2D eigenvalue weighted by Gasteiger charge is -2.00. The smallest absolute Gasteiger partial charge is 0.399 e. The van der Waals surface area contributed by atoms with Gasteiger partial charge in [0.15, 0.2) is 0 Å². The summed E-state index contributed by atoms with van der Waals surface area (Å²) in [5.41, 5.74) is 6.91. The highest BCUT2D eigenvalue weighted by Gasteiger charge is 2.05. The number of rotatable bonds is 4. The van der Waals surface area contributed by atoms with E-state index in [1.165, 1.54) is 0 Å². The van der Waals surface area contributed by atoms with Crippen molar-refractivity contribution in [2.24, 2.45) is 0 Å².